The van der Waals surface area contributed by atoms with Crippen LogP contribution in [-0.2, 0) is 0 Å². The number of nitrogens with one attached hydrogen (secondary N) is 1. The number of piperazine rings is 1. The summed E-state index contributed by atoms with van der Waals surface area (Å²) in [5.74, 6) is 0.989. The summed E-state index contributed by atoms with van der Waals surface area (Å²) in [7, 11) is 3.89. The molecule has 2 rings (SSSR count). The van der Waals surface area contributed by atoms with Crippen molar-refractivity contribution in [3.8, 4) is 5.75 Å². The molecule has 0 radical (unpaired) electrons. The first-order valence-corrected chi connectivity index (χ1v) is 6.91. The molecule has 0 bridgehead atoms. The van der Waals surface area contributed by atoms with Gasteiger partial charge in [0, 0.05) is 33.2 Å². The summed E-state index contributed by atoms with van der Waals surface area (Å²) in [6, 6.07) is 4.37. The first-order valence-electron chi connectivity index (χ1n) is 6.91. The number of benzene rings is 1. The van der Waals surface area contributed by atoms with E-state index in [-0.39, 0.29) is 0 Å². The van der Waals surface area contributed by atoms with Gasteiger partial charge in [-0.05, 0) is 31.0 Å². The number of aryl methyl sites for hydroxylation is 2. The van der Waals surface area contributed by atoms with Crippen LogP contribution in [0.25, 0.3) is 0 Å². The normalized spacial score (nSPS) is 16.4. The molecule has 1 aliphatic heterocycles. The van der Waals surface area contributed by atoms with E-state index in [1.165, 1.54) is 16.8 Å². The minimum Gasteiger partial charge on any atom is -0.494 e. The van der Waals surface area contributed by atoms with Gasteiger partial charge < -0.3 is 15.0 Å². The van der Waals surface area contributed by atoms with Gasteiger partial charge in [0.25, 0.3) is 0 Å². The molecule has 0 spiro atoms. The maximum atomic E-state index is 5.57. The molecule has 1 fully saturated rings. The van der Waals surface area contributed by atoms with Crippen molar-refractivity contribution in [3.63, 3.8) is 0 Å². The van der Waals surface area contributed by atoms with Gasteiger partial charge in [-0.15, -0.1) is 0 Å². The summed E-state index contributed by atoms with van der Waals surface area (Å²) in [6.07, 6.45) is 0. The highest BCUT2D eigenvalue weighted by Crippen LogP contribution is 2.32. The van der Waals surface area contributed by atoms with E-state index in [2.05, 4.69) is 48.1 Å². The van der Waals surface area contributed by atoms with E-state index < -0.39 is 0 Å². The topological polar surface area (TPSA) is 27.7 Å². The van der Waals surface area contributed by atoms with E-state index in [9.17, 15) is 0 Å². The van der Waals surface area contributed by atoms with Gasteiger partial charge in [0.05, 0.1) is 19.5 Å². The Kier molecular flexibility index (Phi) is 4.66. The highest BCUT2D eigenvalue weighted by atomic mass is 16.5. The number of hydrogen-bond donors (Lipinski definition) is 1. The van der Waals surface area contributed by atoms with Crippen LogP contribution in [0.15, 0.2) is 12.1 Å². The third kappa shape index (κ3) is 3.39. The largest absolute Gasteiger partial charge is 0.494 e. The Morgan fingerprint density at radius 2 is 1.95 bits per heavy atom. The zero-order chi connectivity index (χ0) is 13.8. The molecule has 4 heteroatoms. The summed E-state index contributed by atoms with van der Waals surface area (Å²) in [6.45, 7) is 9.56. The predicted octanol–water partition coefficient (Wildman–Crippen LogP) is 1.61. The zero-order valence-electron chi connectivity index (χ0n) is 12.5. The molecule has 1 aromatic rings. The van der Waals surface area contributed by atoms with Crippen molar-refractivity contribution in [1.82, 2.24) is 10.2 Å². The molecule has 4 nitrogen and oxygen atoms in total. The quantitative estimate of drug-likeness (QED) is 0.893. The summed E-state index contributed by atoms with van der Waals surface area (Å²) in [4.78, 5) is 4.75. The monoisotopic (exact) mass is 263 g/mol. The first kappa shape index (κ1) is 14.2. The van der Waals surface area contributed by atoms with E-state index >= 15 is 0 Å². The minimum atomic E-state index is 0.945. The van der Waals surface area contributed by atoms with Crippen LogP contribution >= 0.6 is 0 Å². The fourth-order valence-corrected chi connectivity index (χ4v) is 2.71. The van der Waals surface area contributed by atoms with Gasteiger partial charge >= 0.3 is 0 Å². The van der Waals surface area contributed by atoms with Crippen LogP contribution in [0, 0.1) is 13.8 Å². The standard InChI is InChI=1S/C15H25N3O/c1-12-9-13(2)15(19-4)14(10-12)17(3)11-18-7-5-16-6-8-18/h9-10,16H,5-8,11H2,1-4H3. The molecular weight excluding hydrogens is 238 g/mol. The first-order chi connectivity index (χ1) is 9.11. The minimum absolute atomic E-state index is 0.945. The molecule has 1 aromatic carbocycles. The van der Waals surface area contributed by atoms with Gasteiger partial charge in [-0.25, -0.2) is 0 Å². The third-order valence-corrected chi connectivity index (χ3v) is 3.64. The third-order valence-electron chi connectivity index (χ3n) is 3.64. The highest BCUT2D eigenvalue weighted by Gasteiger charge is 2.16. The van der Waals surface area contributed by atoms with Crippen LogP contribution in [0.3, 0.4) is 0 Å². The summed E-state index contributed by atoms with van der Waals surface area (Å²) < 4.78 is 5.57. The maximum absolute atomic E-state index is 5.57. The average molecular weight is 263 g/mol. The number of nitrogens with zero attached hydrogens (tertiary/aromatic N) is 2. The van der Waals surface area contributed by atoms with E-state index in [0.717, 1.165) is 38.6 Å². The van der Waals surface area contributed by atoms with Crippen LogP contribution in [0.5, 0.6) is 5.75 Å². The van der Waals surface area contributed by atoms with Gasteiger partial charge in [-0.3, -0.25) is 4.90 Å². The molecule has 1 aliphatic rings. The van der Waals surface area contributed by atoms with E-state index in [1.54, 1.807) is 7.11 Å². The van der Waals surface area contributed by atoms with Gasteiger partial charge in [0.15, 0.2) is 0 Å². The van der Waals surface area contributed by atoms with Crippen molar-refractivity contribution in [1.29, 1.82) is 0 Å². The van der Waals surface area contributed by atoms with E-state index in [0.29, 0.717) is 0 Å². The number of rotatable bonds is 4. The molecule has 0 aliphatic carbocycles. The lowest BCUT2D eigenvalue weighted by Gasteiger charge is -2.33. The predicted molar refractivity (Wildman–Crippen MR) is 80.2 cm³/mol. The Morgan fingerprint density at radius 3 is 2.58 bits per heavy atom. The zero-order valence-corrected chi connectivity index (χ0v) is 12.5. The summed E-state index contributed by atoms with van der Waals surface area (Å²) in [5, 5.41) is 3.38. The lowest BCUT2D eigenvalue weighted by atomic mass is 10.1. The molecule has 1 N–H and O–H groups in total. The maximum Gasteiger partial charge on any atom is 0.145 e. The van der Waals surface area contributed by atoms with Crippen LogP contribution in [0.1, 0.15) is 11.1 Å². The van der Waals surface area contributed by atoms with Gasteiger partial charge in [0.1, 0.15) is 5.75 Å². The smallest absolute Gasteiger partial charge is 0.145 e. The molecule has 1 saturated heterocycles. The Balaban J connectivity index is 2.15. The second kappa shape index (κ2) is 6.26. The molecule has 0 unspecified atom stereocenters. The molecule has 0 atom stereocenters. The second-order valence-corrected chi connectivity index (χ2v) is 5.34. The molecule has 106 valence electrons. The Morgan fingerprint density at radius 1 is 1.26 bits per heavy atom. The van der Waals surface area contributed by atoms with Crippen LogP contribution in [0.2, 0.25) is 0 Å². The molecule has 0 aromatic heterocycles. The lowest BCUT2D eigenvalue weighted by Crippen LogP contribution is -2.47. The van der Waals surface area contributed by atoms with Crippen LogP contribution in [-0.4, -0.2) is 51.9 Å². The SMILES string of the molecule is COc1c(C)cc(C)cc1N(C)CN1CCNCC1. The second-order valence-electron chi connectivity index (χ2n) is 5.34. The fraction of sp³-hybridized carbons (Fsp3) is 0.600. The summed E-state index contributed by atoms with van der Waals surface area (Å²) in [5.41, 5.74) is 3.66. The van der Waals surface area contributed by atoms with Crippen LogP contribution < -0.4 is 15.0 Å². The van der Waals surface area contributed by atoms with Crippen molar-refractivity contribution in [2.24, 2.45) is 0 Å². The van der Waals surface area contributed by atoms with Crippen molar-refractivity contribution in [2.75, 3.05) is 51.9 Å². The lowest BCUT2D eigenvalue weighted by molar-refractivity contribution is 0.243. The number of anilines is 1. The van der Waals surface area contributed by atoms with Gasteiger partial charge in [-0.1, -0.05) is 6.07 Å². The van der Waals surface area contributed by atoms with E-state index in [4.69, 9.17) is 4.74 Å². The molecule has 1 heterocycles. The fourth-order valence-electron chi connectivity index (χ4n) is 2.71. The Hall–Kier alpha value is -1.26. The van der Waals surface area contributed by atoms with Crippen molar-refractivity contribution in [3.05, 3.63) is 23.3 Å². The number of hydrogen-bond acceptors (Lipinski definition) is 4. The van der Waals surface area contributed by atoms with Gasteiger partial charge in [0.2, 0.25) is 0 Å². The highest BCUT2D eigenvalue weighted by molar-refractivity contribution is 5.63. The van der Waals surface area contributed by atoms with Crippen LogP contribution in [0.4, 0.5) is 5.69 Å². The molecular formula is C15H25N3O. The van der Waals surface area contributed by atoms with Crippen molar-refractivity contribution < 1.29 is 4.74 Å². The Bertz CT molecular complexity index is 428. The van der Waals surface area contributed by atoms with Gasteiger partial charge in [-0.2, -0.15) is 0 Å². The average Bonchev–Trinajstić information content (AvgIpc) is 2.39. The number of methoxy groups -OCH3 is 1. The van der Waals surface area contributed by atoms with Crippen molar-refractivity contribution in [2.45, 2.75) is 13.8 Å². The Labute approximate surface area is 116 Å². The molecule has 19 heavy (non-hydrogen) atoms. The summed E-state index contributed by atoms with van der Waals surface area (Å²) >= 11 is 0. The van der Waals surface area contributed by atoms with Crippen molar-refractivity contribution >= 4 is 5.69 Å². The number of ether oxygens (including phenoxy) is 1. The molecule has 0 saturated carbocycles. The molecule has 0 amide bonds. The van der Waals surface area contributed by atoms with E-state index in [1.807, 2.05) is 0 Å².